The fourth-order valence-electron chi connectivity index (χ4n) is 3.39. The number of amides is 1. The molecule has 0 saturated heterocycles. The minimum Gasteiger partial charge on any atom is -0.493 e. The van der Waals surface area contributed by atoms with Crippen molar-refractivity contribution in [1.29, 1.82) is 0 Å². The summed E-state index contributed by atoms with van der Waals surface area (Å²) < 4.78 is 12.5. The van der Waals surface area contributed by atoms with Crippen LogP contribution in [-0.2, 0) is 0 Å². The molecule has 0 spiro atoms. The summed E-state index contributed by atoms with van der Waals surface area (Å²) >= 11 is 1.56. The van der Waals surface area contributed by atoms with Gasteiger partial charge in [0.15, 0.2) is 17.2 Å². The van der Waals surface area contributed by atoms with Crippen molar-refractivity contribution in [3.8, 4) is 28.3 Å². The summed E-state index contributed by atoms with van der Waals surface area (Å²) in [6.45, 7) is 3.86. The highest BCUT2D eigenvalue weighted by molar-refractivity contribution is 7.09. The summed E-state index contributed by atoms with van der Waals surface area (Å²) in [6, 6.07) is 15.0. The molecule has 4 rings (SSSR count). The van der Waals surface area contributed by atoms with Crippen LogP contribution in [0.15, 0.2) is 60.1 Å². The number of para-hydroxylation sites is 1. The third kappa shape index (κ3) is 4.36. The monoisotopic (exact) mass is 448 g/mol. The molecule has 164 valence electrons. The predicted molar refractivity (Wildman–Crippen MR) is 125 cm³/mol. The molecule has 1 unspecified atom stereocenters. The highest BCUT2D eigenvalue weighted by Crippen LogP contribution is 2.34. The molecule has 2 aromatic carbocycles. The van der Waals surface area contributed by atoms with Crippen molar-refractivity contribution in [2.24, 2.45) is 0 Å². The first-order valence-electron chi connectivity index (χ1n) is 10.1. The molecule has 32 heavy (non-hydrogen) atoms. The number of methoxy groups -OCH3 is 2. The van der Waals surface area contributed by atoms with Crippen LogP contribution in [0.4, 0.5) is 0 Å². The summed E-state index contributed by atoms with van der Waals surface area (Å²) in [4.78, 5) is 17.8. The van der Waals surface area contributed by atoms with Gasteiger partial charge in [-0.25, -0.2) is 9.67 Å². The fourth-order valence-corrected chi connectivity index (χ4v) is 4.09. The molecule has 4 aromatic rings. The average Bonchev–Trinajstić information content (AvgIpc) is 3.46. The molecule has 1 N–H and O–H groups in total. The maximum atomic E-state index is 13.3. The number of ether oxygens (including phenoxy) is 2. The number of carbonyl (C=O) groups excluding carboxylic acids is 1. The number of rotatable bonds is 7. The normalized spacial score (nSPS) is 11.8. The fraction of sp³-hybridized carbons (Fsp3) is 0.208. The van der Waals surface area contributed by atoms with Gasteiger partial charge in [-0.2, -0.15) is 5.10 Å². The van der Waals surface area contributed by atoms with Gasteiger partial charge in [0.2, 0.25) is 0 Å². The lowest BCUT2D eigenvalue weighted by atomic mass is 10.0. The molecule has 0 aliphatic rings. The number of carbonyl (C=O) groups is 1. The molecule has 1 atom stereocenters. The Morgan fingerprint density at radius 1 is 1.09 bits per heavy atom. The third-order valence-electron chi connectivity index (χ3n) is 5.07. The standard InChI is InChI=1S/C24H24N4O3S/c1-15(20-14-32-16(2)26-20)25-24(29)23-19(13-28(27-23)18-8-6-5-7-9-18)17-10-11-21(30-3)22(12-17)31-4/h5-15H,1-4H3,(H,25,29). The Hall–Kier alpha value is -3.65. The second-order valence-electron chi connectivity index (χ2n) is 7.23. The minimum atomic E-state index is -0.275. The van der Waals surface area contributed by atoms with Crippen molar-refractivity contribution in [2.45, 2.75) is 19.9 Å². The molecule has 0 saturated carbocycles. The van der Waals surface area contributed by atoms with E-state index in [2.05, 4.69) is 15.4 Å². The molecule has 0 bridgehead atoms. The van der Waals surface area contributed by atoms with E-state index in [4.69, 9.17) is 9.47 Å². The highest BCUT2D eigenvalue weighted by atomic mass is 32.1. The topological polar surface area (TPSA) is 78.3 Å². The van der Waals surface area contributed by atoms with Gasteiger partial charge in [0, 0.05) is 17.1 Å². The van der Waals surface area contributed by atoms with E-state index in [1.165, 1.54) is 0 Å². The third-order valence-corrected chi connectivity index (χ3v) is 5.86. The summed E-state index contributed by atoms with van der Waals surface area (Å²) in [5.41, 5.74) is 3.49. The van der Waals surface area contributed by atoms with Crippen molar-refractivity contribution < 1.29 is 14.3 Å². The SMILES string of the molecule is COc1ccc(-c2cn(-c3ccccc3)nc2C(=O)NC(C)c2csc(C)n2)cc1OC. The Kier molecular flexibility index (Phi) is 6.23. The predicted octanol–water partition coefficient (Wildman–Crippen LogP) is 4.81. The maximum Gasteiger partial charge on any atom is 0.272 e. The number of thiazole rings is 1. The number of hydrogen-bond acceptors (Lipinski definition) is 6. The molecular formula is C24H24N4O3S. The van der Waals surface area contributed by atoms with Crippen molar-refractivity contribution in [3.05, 3.63) is 76.5 Å². The number of aromatic nitrogens is 3. The first-order valence-corrected chi connectivity index (χ1v) is 11.0. The number of hydrogen-bond donors (Lipinski definition) is 1. The lowest BCUT2D eigenvalue weighted by Gasteiger charge is -2.12. The quantitative estimate of drug-likeness (QED) is 0.439. The number of nitrogens with zero attached hydrogens (tertiary/aromatic N) is 3. The van der Waals surface area contributed by atoms with E-state index in [9.17, 15) is 4.79 Å². The van der Waals surface area contributed by atoms with Gasteiger partial charge in [0.05, 0.1) is 36.7 Å². The summed E-state index contributed by atoms with van der Waals surface area (Å²) in [5.74, 6) is 0.919. The van der Waals surface area contributed by atoms with Crippen molar-refractivity contribution in [2.75, 3.05) is 14.2 Å². The van der Waals surface area contributed by atoms with Gasteiger partial charge in [-0.15, -0.1) is 11.3 Å². The number of benzene rings is 2. The van der Waals surface area contributed by atoms with E-state index < -0.39 is 0 Å². The molecule has 8 heteroatoms. The van der Waals surface area contributed by atoms with Gasteiger partial charge in [0.25, 0.3) is 5.91 Å². The molecule has 2 aromatic heterocycles. The van der Waals surface area contributed by atoms with E-state index in [-0.39, 0.29) is 11.9 Å². The first-order chi connectivity index (χ1) is 15.5. The molecule has 2 heterocycles. The van der Waals surface area contributed by atoms with Crippen LogP contribution in [0.2, 0.25) is 0 Å². The summed E-state index contributed by atoms with van der Waals surface area (Å²) in [7, 11) is 3.17. The van der Waals surface area contributed by atoms with Gasteiger partial charge in [-0.05, 0) is 43.7 Å². The molecule has 0 fully saturated rings. The lowest BCUT2D eigenvalue weighted by Crippen LogP contribution is -2.27. The highest BCUT2D eigenvalue weighted by Gasteiger charge is 2.22. The first kappa shape index (κ1) is 21.6. The van der Waals surface area contributed by atoms with E-state index in [0.717, 1.165) is 22.0 Å². The van der Waals surface area contributed by atoms with Crippen LogP contribution in [0.25, 0.3) is 16.8 Å². The summed E-state index contributed by atoms with van der Waals surface area (Å²) in [6.07, 6.45) is 1.85. The van der Waals surface area contributed by atoms with Gasteiger partial charge in [0.1, 0.15) is 0 Å². The van der Waals surface area contributed by atoms with Crippen LogP contribution >= 0.6 is 11.3 Å². The van der Waals surface area contributed by atoms with Crippen LogP contribution in [0, 0.1) is 6.92 Å². The zero-order valence-electron chi connectivity index (χ0n) is 18.3. The maximum absolute atomic E-state index is 13.3. The average molecular weight is 449 g/mol. The van der Waals surface area contributed by atoms with Crippen LogP contribution < -0.4 is 14.8 Å². The van der Waals surface area contributed by atoms with Gasteiger partial charge in [-0.3, -0.25) is 4.79 Å². The van der Waals surface area contributed by atoms with Crippen molar-refractivity contribution >= 4 is 17.2 Å². The van der Waals surface area contributed by atoms with Crippen LogP contribution in [0.3, 0.4) is 0 Å². The Bertz CT molecular complexity index is 1230. The number of nitrogens with one attached hydrogen (secondary N) is 1. The Morgan fingerprint density at radius 2 is 1.84 bits per heavy atom. The molecule has 0 aliphatic heterocycles. The van der Waals surface area contributed by atoms with E-state index in [0.29, 0.717) is 22.8 Å². The van der Waals surface area contributed by atoms with Gasteiger partial charge in [-0.1, -0.05) is 24.3 Å². The molecular weight excluding hydrogens is 424 g/mol. The van der Waals surface area contributed by atoms with Gasteiger partial charge >= 0.3 is 0 Å². The molecule has 0 aliphatic carbocycles. The molecule has 1 amide bonds. The minimum absolute atomic E-state index is 0.243. The zero-order chi connectivity index (χ0) is 22.7. The summed E-state index contributed by atoms with van der Waals surface area (Å²) in [5, 5.41) is 10.6. The Balaban J connectivity index is 1.75. The second kappa shape index (κ2) is 9.23. The van der Waals surface area contributed by atoms with Crippen LogP contribution in [-0.4, -0.2) is 34.9 Å². The smallest absolute Gasteiger partial charge is 0.272 e. The lowest BCUT2D eigenvalue weighted by molar-refractivity contribution is 0.0934. The van der Waals surface area contributed by atoms with Crippen molar-refractivity contribution in [1.82, 2.24) is 20.1 Å². The second-order valence-corrected chi connectivity index (χ2v) is 8.29. The van der Waals surface area contributed by atoms with Gasteiger partial charge < -0.3 is 14.8 Å². The zero-order valence-corrected chi connectivity index (χ0v) is 19.1. The van der Waals surface area contributed by atoms with Crippen LogP contribution in [0.1, 0.15) is 34.2 Å². The van der Waals surface area contributed by atoms with E-state index in [1.807, 2.05) is 74.0 Å². The van der Waals surface area contributed by atoms with Crippen molar-refractivity contribution in [3.63, 3.8) is 0 Å². The number of aryl methyl sites for hydroxylation is 1. The van der Waals surface area contributed by atoms with Crippen LogP contribution in [0.5, 0.6) is 11.5 Å². The van der Waals surface area contributed by atoms with E-state index >= 15 is 0 Å². The molecule has 7 nitrogen and oxygen atoms in total. The molecule has 0 radical (unpaired) electrons. The Labute approximate surface area is 190 Å². The Morgan fingerprint density at radius 3 is 2.50 bits per heavy atom. The largest absolute Gasteiger partial charge is 0.493 e. The van der Waals surface area contributed by atoms with E-state index in [1.54, 1.807) is 30.2 Å².